The van der Waals surface area contributed by atoms with Gasteiger partial charge in [-0.25, -0.2) is 21.9 Å². The Hall–Kier alpha value is -3.80. The van der Waals surface area contributed by atoms with Gasteiger partial charge in [0.1, 0.15) is 0 Å². The van der Waals surface area contributed by atoms with Crippen molar-refractivity contribution in [3.8, 4) is 11.1 Å². The van der Waals surface area contributed by atoms with Crippen LogP contribution in [-0.4, -0.2) is 38.0 Å². The fourth-order valence-corrected chi connectivity index (χ4v) is 5.38. The zero-order valence-electron chi connectivity index (χ0n) is 20.3. The van der Waals surface area contributed by atoms with Gasteiger partial charge in [-0.1, -0.05) is 30.3 Å². The summed E-state index contributed by atoms with van der Waals surface area (Å²) in [4.78, 5) is 14.4. The van der Waals surface area contributed by atoms with Crippen LogP contribution in [0.25, 0.3) is 21.9 Å². The van der Waals surface area contributed by atoms with E-state index in [9.17, 15) is 27.3 Å². The van der Waals surface area contributed by atoms with Gasteiger partial charge in [-0.05, 0) is 60.3 Å². The smallest absolute Gasteiger partial charge is 0.269 e. The number of nitro groups is 1. The first-order valence-corrected chi connectivity index (χ1v) is 13.4. The lowest BCUT2D eigenvalue weighted by molar-refractivity contribution is -0.384. The van der Waals surface area contributed by atoms with Crippen LogP contribution in [0.1, 0.15) is 24.0 Å². The molecule has 38 heavy (non-hydrogen) atoms. The van der Waals surface area contributed by atoms with Gasteiger partial charge in [0.2, 0.25) is 10.0 Å². The van der Waals surface area contributed by atoms with E-state index in [-0.39, 0.29) is 22.7 Å². The van der Waals surface area contributed by atoms with Crippen LogP contribution in [0.4, 0.5) is 14.5 Å². The van der Waals surface area contributed by atoms with Crippen molar-refractivity contribution in [3.05, 3.63) is 100 Å². The predicted molar refractivity (Wildman–Crippen MR) is 142 cm³/mol. The Balaban J connectivity index is 1.38. The van der Waals surface area contributed by atoms with E-state index in [0.29, 0.717) is 35.0 Å². The van der Waals surface area contributed by atoms with E-state index in [4.69, 9.17) is 0 Å². The Bertz CT molecular complexity index is 1530. The molecule has 4 rings (SSSR count). The van der Waals surface area contributed by atoms with Gasteiger partial charge in [-0.15, -0.1) is 0 Å². The molecular weight excluding hydrogens is 514 g/mol. The topological polar surface area (TPSA) is 114 Å². The zero-order valence-corrected chi connectivity index (χ0v) is 21.1. The van der Waals surface area contributed by atoms with Gasteiger partial charge in [-0.3, -0.25) is 15.1 Å². The van der Waals surface area contributed by atoms with Crippen molar-refractivity contribution in [3.63, 3.8) is 0 Å². The second kappa shape index (κ2) is 12.2. The lowest BCUT2D eigenvalue weighted by Crippen LogP contribution is -2.32. The van der Waals surface area contributed by atoms with Gasteiger partial charge >= 0.3 is 0 Å². The summed E-state index contributed by atoms with van der Waals surface area (Å²) in [5.74, 6) is 0. The third-order valence-electron chi connectivity index (χ3n) is 6.04. The van der Waals surface area contributed by atoms with Gasteiger partial charge in [0.05, 0.1) is 9.82 Å². The molecule has 0 bridgehead atoms. The minimum atomic E-state index is -3.91. The number of alkyl halides is 2. The second-order valence-corrected chi connectivity index (χ2v) is 10.4. The van der Waals surface area contributed by atoms with Crippen molar-refractivity contribution in [2.75, 3.05) is 19.6 Å². The maximum Gasteiger partial charge on any atom is 0.269 e. The third kappa shape index (κ3) is 6.74. The van der Waals surface area contributed by atoms with Crippen molar-refractivity contribution in [2.24, 2.45) is 0 Å². The van der Waals surface area contributed by atoms with Crippen LogP contribution in [0.15, 0.2) is 84.0 Å². The molecule has 11 heteroatoms. The molecule has 0 radical (unpaired) electrons. The number of aryl methyl sites for hydroxylation is 1. The molecule has 2 N–H and O–H groups in total. The van der Waals surface area contributed by atoms with E-state index in [1.807, 2.05) is 0 Å². The lowest BCUT2D eigenvalue weighted by Gasteiger charge is -2.13. The number of aromatic nitrogens is 1. The van der Waals surface area contributed by atoms with Crippen LogP contribution < -0.4 is 10.0 Å². The highest BCUT2D eigenvalue weighted by molar-refractivity contribution is 7.89. The highest BCUT2D eigenvalue weighted by atomic mass is 32.2. The Morgan fingerprint density at radius 3 is 2.47 bits per heavy atom. The van der Waals surface area contributed by atoms with Gasteiger partial charge < -0.3 is 5.32 Å². The molecule has 3 aromatic carbocycles. The highest BCUT2D eigenvalue weighted by Gasteiger charge is 2.19. The molecule has 198 valence electrons. The van der Waals surface area contributed by atoms with E-state index in [0.717, 1.165) is 18.4 Å². The summed E-state index contributed by atoms with van der Waals surface area (Å²) in [6, 6.07) is 17.1. The van der Waals surface area contributed by atoms with Crippen molar-refractivity contribution in [1.29, 1.82) is 0 Å². The molecule has 8 nitrogen and oxygen atoms in total. The monoisotopic (exact) mass is 540 g/mol. The molecule has 0 spiro atoms. The fourth-order valence-electron chi connectivity index (χ4n) is 4.10. The van der Waals surface area contributed by atoms with Gasteiger partial charge in [0.25, 0.3) is 12.1 Å². The molecule has 0 aliphatic heterocycles. The van der Waals surface area contributed by atoms with Crippen LogP contribution in [0.3, 0.4) is 0 Å². The maximum absolute atomic E-state index is 13.2. The molecule has 1 aromatic heterocycles. The molecule has 0 fully saturated rings. The summed E-state index contributed by atoms with van der Waals surface area (Å²) in [7, 11) is -3.91. The number of nitrogens with zero attached hydrogens (tertiary/aromatic N) is 2. The molecule has 0 aliphatic carbocycles. The molecule has 0 amide bonds. The number of nitrogens with one attached hydrogen (secondary N) is 2. The molecule has 0 saturated heterocycles. The van der Waals surface area contributed by atoms with E-state index < -0.39 is 21.4 Å². The molecule has 0 saturated carbocycles. The molecule has 0 atom stereocenters. The highest BCUT2D eigenvalue weighted by Crippen LogP contribution is 2.32. The lowest BCUT2D eigenvalue weighted by atomic mass is 10.0. The summed E-state index contributed by atoms with van der Waals surface area (Å²) in [5, 5.41) is 15.0. The number of benzene rings is 3. The second-order valence-electron chi connectivity index (χ2n) is 8.67. The van der Waals surface area contributed by atoms with Crippen LogP contribution in [0.5, 0.6) is 0 Å². The maximum atomic E-state index is 13.2. The van der Waals surface area contributed by atoms with Crippen molar-refractivity contribution in [1.82, 2.24) is 15.0 Å². The average molecular weight is 541 g/mol. The summed E-state index contributed by atoms with van der Waals surface area (Å²) in [5.41, 5.74) is 1.88. The minimum Gasteiger partial charge on any atom is -0.315 e. The number of fused-ring (bicyclic) bond motifs is 1. The number of hydrogen-bond donors (Lipinski definition) is 2. The predicted octanol–water partition coefficient (Wildman–Crippen LogP) is 5.25. The number of halogens is 2. The number of pyridine rings is 1. The number of rotatable bonds is 12. The Morgan fingerprint density at radius 1 is 0.947 bits per heavy atom. The third-order valence-corrected chi connectivity index (χ3v) is 7.54. The summed E-state index contributed by atoms with van der Waals surface area (Å²) >= 11 is 0. The van der Waals surface area contributed by atoms with Gasteiger partial charge in [0.15, 0.2) is 0 Å². The van der Waals surface area contributed by atoms with Gasteiger partial charge in [0, 0.05) is 54.0 Å². The van der Waals surface area contributed by atoms with Crippen LogP contribution in [0.2, 0.25) is 0 Å². The normalized spacial score (nSPS) is 11.8. The Labute approximate surface area is 218 Å². The molecule has 4 aromatic rings. The summed E-state index contributed by atoms with van der Waals surface area (Å²) < 4.78 is 55.5. The van der Waals surface area contributed by atoms with Crippen molar-refractivity contribution < 1.29 is 22.1 Å². The van der Waals surface area contributed by atoms with Crippen molar-refractivity contribution >= 4 is 26.5 Å². The first-order valence-electron chi connectivity index (χ1n) is 11.9. The van der Waals surface area contributed by atoms with E-state index in [1.54, 1.807) is 36.5 Å². The molecular formula is C27H26F2N4O4S. The molecule has 1 heterocycles. The van der Waals surface area contributed by atoms with E-state index in [2.05, 4.69) is 15.0 Å². The van der Waals surface area contributed by atoms with Crippen molar-refractivity contribution in [2.45, 2.75) is 24.2 Å². The van der Waals surface area contributed by atoms with Crippen LogP contribution in [0, 0.1) is 10.1 Å². The van der Waals surface area contributed by atoms with Crippen LogP contribution >= 0.6 is 0 Å². The fraction of sp³-hybridized carbons (Fsp3) is 0.222. The van der Waals surface area contributed by atoms with Crippen LogP contribution in [-0.2, 0) is 16.4 Å². The number of sulfonamides is 1. The quantitative estimate of drug-likeness (QED) is 0.144. The Morgan fingerprint density at radius 2 is 1.74 bits per heavy atom. The van der Waals surface area contributed by atoms with E-state index in [1.165, 1.54) is 42.6 Å². The standard InChI is InChI=1S/C27H26F2N4O4S/c28-27(29)21-5-1-4-20(15-21)22-16-23-18-31-12-10-25(23)26(17-22)38(36,37)32-14-13-30-11-2-3-19-6-8-24(9-7-19)33(34)35/h1,4-10,12,15-18,27,30,32H,2-3,11,13-14H2. The summed E-state index contributed by atoms with van der Waals surface area (Å²) in [6.45, 7) is 1.19. The molecule has 0 unspecified atom stereocenters. The first kappa shape index (κ1) is 27.2. The number of hydrogen-bond acceptors (Lipinski definition) is 6. The Kier molecular flexibility index (Phi) is 8.72. The number of non-ortho nitro benzene ring substituents is 1. The molecule has 0 aliphatic rings. The minimum absolute atomic E-state index is 0.0491. The van der Waals surface area contributed by atoms with E-state index >= 15 is 0 Å². The largest absolute Gasteiger partial charge is 0.315 e. The first-order chi connectivity index (χ1) is 18.2. The summed E-state index contributed by atoms with van der Waals surface area (Å²) in [6.07, 6.45) is 1.92. The zero-order chi connectivity index (χ0) is 27.1. The SMILES string of the molecule is O=[N+]([O-])c1ccc(CCCNCCNS(=O)(=O)c2cc(-c3cccc(C(F)F)c3)cc3cnccc23)cc1. The number of nitro benzene ring substituents is 1. The average Bonchev–Trinajstić information content (AvgIpc) is 2.92. The van der Waals surface area contributed by atoms with Gasteiger partial charge in [-0.2, -0.15) is 0 Å².